The molecule has 0 saturated heterocycles. The number of hydrogen-bond donors (Lipinski definition) is 2. The van der Waals surface area contributed by atoms with Crippen molar-refractivity contribution < 1.29 is 42.2 Å². The quantitative estimate of drug-likeness (QED) is 0.402. The van der Waals surface area contributed by atoms with Gasteiger partial charge in [0.25, 0.3) is 0 Å². The number of carboxylic acids is 1. The lowest BCUT2D eigenvalue weighted by atomic mass is 10.2. The number of alkyl halides is 3. The Bertz CT molecular complexity index is 772. The average molecular weight is 432 g/mol. The molecule has 0 unspecified atom stereocenters. The number of ether oxygens (including phenoxy) is 1. The van der Waals surface area contributed by atoms with Crippen LogP contribution >= 0.6 is 22.9 Å². The van der Waals surface area contributed by atoms with Gasteiger partial charge in [0.2, 0.25) is 12.3 Å². The second kappa shape index (κ2) is 8.52. The van der Waals surface area contributed by atoms with E-state index in [1.807, 2.05) is 0 Å². The van der Waals surface area contributed by atoms with E-state index >= 15 is 0 Å². The van der Waals surface area contributed by atoms with E-state index in [0.29, 0.717) is 11.3 Å². The van der Waals surface area contributed by atoms with Crippen molar-refractivity contribution in [3.8, 4) is 0 Å². The van der Waals surface area contributed by atoms with Crippen LogP contribution in [0.5, 0.6) is 0 Å². The van der Waals surface area contributed by atoms with Crippen LogP contribution in [0.15, 0.2) is 5.16 Å². The lowest BCUT2D eigenvalue weighted by Crippen LogP contribution is -2.30. The summed E-state index contributed by atoms with van der Waals surface area (Å²) in [4.78, 5) is 41.7. The third kappa shape index (κ3) is 7.38. The van der Waals surface area contributed by atoms with Crippen molar-refractivity contribution >= 4 is 51.6 Å². The van der Waals surface area contributed by atoms with E-state index < -0.39 is 52.8 Å². The number of amides is 1. The van der Waals surface area contributed by atoms with Gasteiger partial charge in [-0.15, -0.1) is 0 Å². The number of anilines is 1. The molecule has 1 aromatic heterocycles. The summed E-state index contributed by atoms with van der Waals surface area (Å²) in [5, 5.41) is 13.2. The van der Waals surface area contributed by atoms with Crippen molar-refractivity contribution in [3.63, 3.8) is 0 Å². The number of esters is 1. The van der Waals surface area contributed by atoms with Crippen LogP contribution in [-0.4, -0.2) is 52.0 Å². The third-order valence-corrected chi connectivity index (χ3v) is 3.42. The van der Waals surface area contributed by atoms with Gasteiger partial charge in [-0.3, -0.25) is 10.1 Å². The number of carbonyl (C=O) groups excluding carboxylic acids is 2. The molecular weight excluding hydrogens is 419 g/mol. The molecule has 0 radical (unpaired) electrons. The van der Waals surface area contributed by atoms with Gasteiger partial charge in [-0.1, -0.05) is 28.1 Å². The zero-order valence-corrected chi connectivity index (χ0v) is 15.6. The van der Waals surface area contributed by atoms with E-state index in [1.165, 1.54) is 5.32 Å². The maximum atomic E-state index is 12.2. The number of aromatic nitrogens is 1. The Balaban J connectivity index is 2.93. The highest BCUT2D eigenvalue weighted by molar-refractivity contribution is 7.20. The topological polar surface area (TPSA) is 127 Å². The maximum Gasteiger partial charge on any atom is 0.471 e. The normalized spacial score (nSPS) is 12.5. The fraction of sp³-hybridized carbons (Fsp3) is 0.462. The van der Waals surface area contributed by atoms with Crippen LogP contribution in [0, 0.1) is 0 Å². The molecule has 1 aromatic rings. The molecule has 150 valence electrons. The van der Waals surface area contributed by atoms with Crippen molar-refractivity contribution in [2.75, 3.05) is 11.9 Å². The number of carboxylic acid groups (broad SMARTS) is 1. The van der Waals surface area contributed by atoms with Crippen LogP contribution in [0.2, 0.25) is 4.34 Å². The van der Waals surface area contributed by atoms with Crippen LogP contribution in [0.1, 0.15) is 26.5 Å². The third-order valence-electron chi connectivity index (χ3n) is 2.25. The zero-order chi connectivity index (χ0) is 21.0. The van der Waals surface area contributed by atoms with E-state index in [1.54, 1.807) is 20.8 Å². The number of carbonyl (C=O) groups is 3. The molecule has 14 heteroatoms. The SMILES string of the molecule is CC(C)(C)OC(=O)CON=C(C(=O)O)c1nc(NC(=O)C(F)(F)F)sc1Cl. The summed E-state index contributed by atoms with van der Waals surface area (Å²) in [5.74, 6) is -4.83. The van der Waals surface area contributed by atoms with E-state index in [-0.39, 0.29) is 4.34 Å². The van der Waals surface area contributed by atoms with Crippen LogP contribution in [0.3, 0.4) is 0 Å². The second-order valence-corrected chi connectivity index (χ2v) is 7.30. The Morgan fingerprint density at radius 2 is 1.89 bits per heavy atom. The summed E-state index contributed by atoms with van der Waals surface area (Å²) in [6.45, 7) is 4.07. The smallest absolute Gasteiger partial charge is 0.471 e. The molecule has 1 heterocycles. The second-order valence-electron chi connectivity index (χ2n) is 5.70. The van der Waals surface area contributed by atoms with E-state index in [4.69, 9.17) is 21.4 Å². The van der Waals surface area contributed by atoms with Gasteiger partial charge in [0.15, 0.2) is 5.13 Å². The maximum absolute atomic E-state index is 12.2. The molecule has 0 bridgehead atoms. The minimum atomic E-state index is -5.17. The Labute approximate surface area is 159 Å². The monoisotopic (exact) mass is 431 g/mol. The average Bonchev–Trinajstić information content (AvgIpc) is 2.80. The van der Waals surface area contributed by atoms with Crippen molar-refractivity contribution in [2.24, 2.45) is 5.16 Å². The van der Waals surface area contributed by atoms with E-state index in [0.717, 1.165) is 0 Å². The molecular formula is C13H13ClF3N3O6S. The molecule has 0 aromatic carbocycles. The lowest BCUT2D eigenvalue weighted by molar-refractivity contribution is -0.167. The first-order valence-corrected chi connectivity index (χ1v) is 8.10. The van der Waals surface area contributed by atoms with Crippen LogP contribution in [-0.2, 0) is 24.0 Å². The standard InChI is InChI=1S/C13H13ClF3N3O6S/c1-12(2,3)26-5(21)4-25-20-7(9(22)23)6-8(14)27-11(18-6)19-10(24)13(15,16)17/h4H2,1-3H3,(H,22,23)(H,18,19,24). The van der Waals surface area contributed by atoms with Crippen molar-refractivity contribution in [3.05, 3.63) is 10.0 Å². The Morgan fingerprint density at radius 1 is 1.30 bits per heavy atom. The number of hydrogen-bond acceptors (Lipinski definition) is 8. The van der Waals surface area contributed by atoms with Crippen LogP contribution < -0.4 is 5.32 Å². The van der Waals surface area contributed by atoms with Gasteiger partial charge >= 0.3 is 24.0 Å². The van der Waals surface area contributed by atoms with Crippen LogP contribution in [0.25, 0.3) is 0 Å². The molecule has 0 aliphatic heterocycles. The van der Waals surface area contributed by atoms with Gasteiger partial charge in [0, 0.05) is 0 Å². The molecule has 1 rings (SSSR count). The van der Waals surface area contributed by atoms with Gasteiger partial charge in [-0.2, -0.15) is 13.2 Å². The summed E-state index contributed by atoms with van der Waals surface area (Å²) in [6, 6.07) is 0. The summed E-state index contributed by atoms with van der Waals surface area (Å²) < 4.78 is 41.3. The molecule has 0 saturated carbocycles. The first-order chi connectivity index (χ1) is 12.2. The van der Waals surface area contributed by atoms with Gasteiger partial charge in [-0.05, 0) is 20.8 Å². The fourth-order valence-electron chi connectivity index (χ4n) is 1.37. The minimum absolute atomic E-state index is 0.366. The first-order valence-electron chi connectivity index (χ1n) is 6.90. The molecule has 27 heavy (non-hydrogen) atoms. The highest BCUT2D eigenvalue weighted by Gasteiger charge is 2.39. The molecule has 9 nitrogen and oxygen atoms in total. The molecule has 0 aliphatic rings. The van der Waals surface area contributed by atoms with Gasteiger partial charge < -0.3 is 14.7 Å². The van der Waals surface area contributed by atoms with E-state index in [9.17, 15) is 27.6 Å². The Hall–Kier alpha value is -2.41. The van der Waals surface area contributed by atoms with Gasteiger partial charge in [0.05, 0.1) is 0 Å². The van der Waals surface area contributed by atoms with E-state index in [2.05, 4.69) is 15.0 Å². The molecule has 0 atom stereocenters. The number of nitrogens with one attached hydrogen (secondary N) is 1. The number of thiazole rings is 1. The highest BCUT2D eigenvalue weighted by Crippen LogP contribution is 2.30. The first kappa shape index (κ1) is 22.6. The highest BCUT2D eigenvalue weighted by atomic mass is 35.5. The lowest BCUT2D eigenvalue weighted by Gasteiger charge is -2.18. The fourth-order valence-corrected chi connectivity index (χ4v) is 2.41. The zero-order valence-electron chi connectivity index (χ0n) is 14.0. The number of nitrogens with zero attached hydrogens (tertiary/aromatic N) is 2. The molecule has 0 aliphatic carbocycles. The van der Waals surface area contributed by atoms with Crippen molar-refractivity contribution in [1.82, 2.24) is 4.98 Å². The summed E-state index contributed by atoms with van der Waals surface area (Å²) in [6.07, 6.45) is -5.17. The number of halogens is 4. The van der Waals surface area contributed by atoms with Gasteiger partial charge in [-0.25, -0.2) is 14.6 Å². The summed E-state index contributed by atoms with van der Waals surface area (Å²) >= 11 is 6.13. The molecule has 1 amide bonds. The number of rotatable bonds is 6. The number of aliphatic carboxylic acids is 1. The van der Waals surface area contributed by atoms with Crippen molar-refractivity contribution in [2.45, 2.75) is 32.5 Å². The van der Waals surface area contributed by atoms with Crippen LogP contribution in [0.4, 0.5) is 18.3 Å². The number of oxime groups is 1. The Kier molecular flexibility index (Phi) is 7.14. The molecule has 0 spiro atoms. The van der Waals surface area contributed by atoms with Gasteiger partial charge in [0.1, 0.15) is 15.6 Å². The Morgan fingerprint density at radius 3 is 2.37 bits per heavy atom. The molecule has 2 N–H and O–H groups in total. The molecule has 0 fully saturated rings. The predicted octanol–water partition coefficient (Wildman–Crippen LogP) is 2.44. The predicted molar refractivity (Wildman–Crippen MR) is 87.8 cm³/mol. The van der Waals surface area contributed by atoms with Crippen molar-refractivity contribution in [1.29, 1.82) is 0 Å². The summed E-state index contributed by atoms with van der Waals surface area (Å²) in [5.41, 5.74) is -2.23. The summed E-state index contributed by atoms with van der Waals surface area (Å²) in [7, 11) is 0. The minimum Gasteiger partial charge on any atom is -0.476 e. The largest absolute Gasteiger partial charge is 0.476 e.